The Hall–Kier alpha value is -3.01. The number of aromatic amines is 1. The summed E-state index contributed by atoms with van der Waals surface area (Å²) in [4.78, 5) is 19.4. The zero-order chi connectivity index (χ0) is 21.3. The van der Waals surface area contributed by atoms with Crippen molar-refractivity contribution in [2.24, 2.45) is 4.99 Å². The number of fused-ring (bicyclic) bond motifs is 1. The van der Waals surface area contributed by atoms with E-state index in [9.17, 15) is 23.1 Å². The zero-order valence-electron chi connectivity index (χ0n) is 16.2. The second kappa shape index (κ2) is 7.78. The van der Waals surface area contributed by atoms with Crippen molar-refractivity contribution >= 4 is 22.5 Å². The highest BCUT2D eigenvalue weighted by Gasteiger charge is 2.28. The van der Waals surface area contributed by atoms with Crippen LogP contribution in [0.25, 0.3) is 10.9 Å². The van der Waals surface area contributed by atoms with E-state index < -0.39 is 18.6 Å². The molecule has 3 rings (SSSR count). The van der Waals surface area contributed by atoms with Gasteiger partial charge in [0.2, 0.25) is 0 Å². The zero-order valence-corrected chi connectivity index (χ0v) is 16.2. The summed E-state index contributed by atoms with van der Waals surface area (Å²) in [6.45, 7) is 4.89. The number of H-pyrrole nitrogens is 1. The van der Waals surface area contributed by atoms with Gasteiger partial charge in [0.1, 0.15) is 6.54 Å². The standard InChI is InChI=1S/C19H22F3N5O2/c1-10(2)27-8-13(7-24-27)25-11(3)16-14-6-12(4-5-15(14)26-18(16)29)17(28)23-9-19(20,21)22/h4-6,8,10,24,26,29H,7,9H2,1-3H3,(H,23,28). The number of halogens is 3. The number of alkyl halides is 3. The minimum absolute atomic E-state index is 0.0579. The minimum atomic E-state index is -4.49. The Kier molecular flexibility index (Phi) is 5.56. The molecule has 0 bridgehead atoms. The number of carbonyl (C=O) groups excluding carboxylic acids is 1. The summed E-state index contributed by atoms with van der Waals surface area (Å²) in [5, 5.41) is 14.6. The topological polar surface area (TPSA) is 92.8 Å². The van der Waals surface area contributed by atoms with E-state index in [0.717, 1.165) is 5.70 Å². The van der Waals surface area contributed by atoms with Crippen LogP contribution in [0, 0.1) is 0 Å². The SMILES string of the molecule is CC(=NC1=CN(C(C)C)NC1)c1c(O)[nH]c2ccc(C(=O)NCC(F)(F)F)cc12. The fourth-order valence-electron chi connectivity index (χ4n) is 3.06. The van der Waals surface area contributed by atoms with Crippen molar-refractivity contribution in [1.82, 2.24) is 20.7 Å². The molecule has 0 aliphatic carbocycles. The lowest BCUT2D eigenvalue weighted by molar-refractivity contribution is -0.123. The molecule has 0 atom stereocenters. The van der Waals surface area contributed by atoms with Crippen LogP contribution in [0.2, 0.25) is 0 Å². The lowest BCUT2D eigenvalue weighted by Crippen LogP contribution is -2.34. The second-order valence-electron chi connectivity index (χ2n) is 7.06. The molecular weight excluding hydrogens is 387 g/mol. The molecular formula is C19H22F3N5O2. The van der Waals surface area contributed by atoms with Crippen molar-refractivity contribution in [2.45, 2.75) is 33.0 Å². The first-order chi connectivity index (χ1) is 13.5. The Morgan fingerprint density at radius 2 is 2.10 bits per heavy atom. The number of benzene rings is 1. The normalized spacial score (nSPS) is 15.3. The second-order valence-corrected chi connectivity index (χ2v) is 7.06. The summed E-state index contributed by atoms with van der Waals surface area (Å²) >= 11 is 0. The predicted molar refractivity (Wildman–Crippen MR) is 104 cm³/mol. The number of amides is 1. The summed E-state index contributed by atoms with van der Waals surface area (Å²) in [7, 11) is 0. The van der Waals surface area contributed by atoms with Gasteiger partial charge < -0.3 is 20.4 Å². The number of nitrogens with one attached hydrogen (secondary N) is 3. The highest BCUT2D eigenvalue weighted by Crippen LogP contribution is 2.29. The Balaban J connectivity index is 1.92. The van der Waals surface area contributed by atoms with E-state index in [0.29, 0.717) is 28.7 Å². The number of hydrogen-bond donors (Lipinski definition) is 4. The van der Waals surface area contributed by atoms with Crippen LogP contribution in [0.1, 0.15) is 36.7 Å². The molecule has 1 aliphatic rings. The fraction of sp³-hybridized carbons (Fsp3) is 0.368. The average Bonchev–Trinajstić information content (AvgIpc) is 3.21. The fourth-order valence-corrected chi connectivity index (χ4v) is 3.06. The molecule has 1 aromatic heterocycles. The Morgan fingerprint density at radius 1 is 1.38 bits per heavy atom. The van der Waals surface area contributed by atoms with Gasteiger partial charge in [0.15, 0.2) is 5.88 Å². The van der Waals surface area contributed by atoms with Gasteiger partial charge in [-0.05, 0) is 39.0 Å². The minimum Gasteiger partial charge on any atom is -0.494 e. The van der Waals surface area contributed by atoms with Crippen molar-refractivity contribution in [3.63, 3.8) is 0 Å². The van der Waals surface area contributed by atoms with Crippen LogP contribution < -0.4 is 10.7 Å². The van der Waals surface area contributed by atoms with Crippen LogP contribution in [-0.2, 0) is 0 Å². The van der Waals surface area contributed by atoms with E-state index in [1.54, 1.807) is 6.92 Å². The number of aliphatic imine (C=N–C) groups is 1. The molecule has 4 N–H and O–H groups in total. The van der Waals surface area contributed by atoms with Gasteiger partial charge in [0.05, 0.1) is 23.5 Å². The van der Waals surface area contributed by atoms with Crippen molar-refractivity contribution in [3.8, 4) is 5.88 Å². The van der Waals surface area contributed by atoms with Gasteiger partial charge in [-0.1, -0.05) is 0 Å². The molecule has 0 saturated heterocycles. The molecule has 10 heteroatoms. The van der Waals surface area contributed by atoms with Crippen LogP contribution in [0.3, 0.4) is 0 Å². The molecule has 156 valence electrons. The Labute approximate surface area is 165 Å². The van der Waals surface area contributed by atoms with E-state index >= 15 is 0 Å². The molecule has 2 aromatic rings. The van der Waals surface area contributed by atoms with Crippen LogP contribution in [0.4, 0.5) is 13.2 Å². The Morgan fingerprint density at radius 3 is 2.72 bits per heavy atom. The lowest BCUT2D eigenvalue weighted by atomic mass is 10.1. The van der Waals surface area contributed by atoms with Crippen LogP contribution >= 0.6 is 0 Å². The number of nitrogens with zero attached hydrogens (tertiary/aromatic N) is 2. The number of carbonyl (C=O) groups is 1. The maximum atomic E-state index is 12.3. The van der Waals surface area contributed by atoms with Crippen molar-refractivity contribution in [2.75, 3.05) is 13.1 Å². The quantitative estimate of drug-likeness (QED) is 0.571. The van der Waals surface area contributed by atoms with Gasteiger partial charge in [0.25, 0.3) is 5.91 Å². The molecule has 0 saturated carbocycles. The maximum absolute atomic E-state index is 12.3. The van der Waals surface area contributed by atoms with Gasteiger partial charge in [-0.3, -0.25) is 9.79 Å². The molecule has 1 aliphatic heterocycles. The highest BCUT2D eigenvalue weighted by atomic mass is 19.4. The predicted octanol–water partition coefficient (Wildman–Crippen LogP) is 3.04. The first-order valence-electron chi connectivity index (χ1n) is 9.03. The van der Waals surface area contributed by atoms with E-state index in [1.807, 2.05) is 30.4 Å². The highest BCUT2D eigenvalue weighted by molar-refractivity contribution is 6.13. The number of rotatable bonds is 5. The third kappa shape index (κ3) is 4.70. The first-order valence-corrected chi connectivity index (χ1v) is 9.03. The summed E-state index contributed by atoms with van der Waals surface area (Å²) in [5.41, 5.74) is 5.46. The van der Waals surface area contributed by atoms with Gasteiger partial charge in [-0.15, -0.1) is 0 Å². The van der Waals surface area contributed by atoms with Gasteiger partial charge in [-0.25, -0.2) is 5.43 Å². The maximum Gasteiger partial charge on any atom is 0.405 e. The number of hydrogen-bond acceptors (Lipinski definition) is 5. The molecule has 0 radical (unpaired) electrons. The molecule has 29 heavy (non-hydrogen) atoms. The summed E-state index contributed by atoms with van der Waals surface area (Å²) in [5.74, 6) is -0.970. The third-order valence-corrected chi connectivity index (χ3v) is 4.45. The number of aromatic hydroxyl groups is 1. The number of aromatic nitrogens is 1. The number of hydrazine groups is 1. The average molecular weight is 409 g/mol. The molecule has 0 unspecified atom stereocenters. The van der Waals surface area contributed by atoms with Crippen LogP contribution in [0.5, 0.6) is 5.88 Å². The Bertz CT molecular complexity index is 992. The van der Waals surface area contributed by atoms with E-state index in [-0.39, 0.29) is 17.5 Å². The summed E-state index contributed by atoms with van der Waals surface area (Å²) < 4.78 is 37.0. The van der Waals surface area contributed by atoms with E-state index in [2.05, 4.69) is 15.4 Å². The van der Waals surface area contributed by atoms with Crippen LogP contribution in [0.15, 0.2) is 35.1 Å². The molecule has 1 aromatic carbocycles. The van der Waals surface area contributed by atoms with Gasteiger partial charge in [-0.2, -0.15) is 13.2 Å². The van der Waals surface area contributed by atoms with Gasteiger partial charge >= 0.3 is 6.18 Å². The molecule has 7 nitrogen and oxygen atoms in total. The molecule has 1 amide bonds. The van der Waals surface area contributed by atoms with E-state index in [4.69, 9.17) is 0 Å². The van der Waals surface area contributed by atoms with Crippen molar-refractivity contribution in [1.29, 1.82) is 0 Å². The van der Waals surface area contributed by atoms with Crippen molar-refractivity contribution in [3.05, 3.63) is 41.2 Å². The van der Waals surface area contributed by atoms with Crippen molar-refractivity contribution < 1.29 is 23.1 Å². The monoisotopic (exact) mass is 409 g/mol. The van der Waals surface area contributed by atoms with Crippen LogP contribution in [-0.4, -0.2) is 52.0 Å². The molecule has 2 heterocycles. The largest absolute Gasteiger partial charge is 0.494 e. The summed E-state index contributed by atoms with van der Waals surface area (Å²) in [6.07, 6.45) is -2.62. The lowest BCUT2D eigenvalue weighted by Gasteiger charge is -2.19. The van der Waals surface area contributed by atoms with Gasteiger partial charge in [0, 0.05) is 28.7 Å². The summed E-state index contributed by atoms with van der Waals surface area (Å²) in [6, 6.07) is 4.62. The molecule has 0 fully saturated rings. The first kappa shape index (κ1) is 20.7. The third-order valence-electron chi connectivity index (χ3n) is 4.45. The molecule has 0 spiro atoms. The van der Waals surface area contributed by atoms with E-state index in [1.165, 1.54) is 18.2 Å². The smallest absolute Gasteiger partial charge is 0.405 e.